The second-order valence-corrected chi connectivity index (χ2v) is 9.05. The van der Waals surface area contributed by atoms with E-state index in [4.69, 9.17) is 4.74 Å². The van der Waals surface area contributed by atoms with Crippen molar-refractivity contribution in [3.05, 3.63) is 65.7 Å². The molecule has 2 aromatic rings. The zero-order valence-electron chi connectivity index (χ0n) is 15.6. The number of ether oxygens (including phenoxy) is 1. The van der Waals surface area contributed by atoms with E-state index in [9.17, 15) is 18.0 Å². The van der Waals surface area contributed by atoms with Crippen LogP contribution in [0.1, 0.15) is 36.5 Å². The Labute approximate surface area is 164 Å². The zero-order valence-corrected chi connectivity index (χ0v) is 16.4. The van der Waals surface area contributed by atoms with Gasteiger partial charge in [0.1, 0.15) is 0 Å². The van der Waals surface area contributed by atoms with Crippen molar-refractivity contribution in [2.45, 2.75) is 43.2 Å². The van der Waals surface area contributed by atoms with Gasteiger partial charge in [0.2, 0.25) is 6.10 Å². The molecular weight excluding hydrogens is 378 g/mol. The van der Waals surface area contributed by atoms with Crippen molar-refractivity contribution in [1.82, 2.24) is 5.32 Å². The predicted molar refractivity (Wildman–Crippen MR) is 104 cm³/mol. The van der Waals surface area contributed by atoms with Gasteiger partial charge in [0, 0.05) is 11.6 Å². The zero-order chi connectivity index (χ0) is 20.1. The van der Waals surface area contributed by atoms with Crippen LogP contribution in [0.15, 0.2) is 59.5 Å². The summed E-state index contributed by atoms with van der Waals surface area (Å²) in [5.74, 6) is -1.49. The van der Waals surface area contributed by atoms with E-state index in [1.807, 2.05) is 6.92 Å². The highest BCUT2D eigenvalue weighted by atomic mass is 32.2. The number of amides is 1. The van der Waals surface area contributed by atoms with Gasteiger partial charge in [0.05, 0.1) is 17.1 Å². The fourth-order valence-electron chi connectivity index (χ4n) is 2.68. The summed E-state index contributed by atoms with van der Waals surface area (Å²) in [4.78, 5) is 24.9. The van der Waals surface area contributed by atoms with Gasteiger partial charge in [-0.3, -0.25) is 9.59 Å². The third-order valence-electron chi connectivity index (χ3n) is 4.47. The van der Waals surface area contributed by atoms with Crippen LogP contribution in [0.3, 0.4) is 0 Å². The Morgan fingerprint density at radius 3 is 2.32 bits per heavy atom. The van der Waals surface area contributed by atoms with Crippen LogP contribution >= 0.6 is 0 Å². The van der Waals surface area contributed by atoms with Gasteiger partial charge < -0.3 is 10.1 Å². The van der Waals surface area contributed by atoms with E-state index in [0.29, 0.717) is 5.56 Å². The van der Waals surface area contributed by atoms with Crippen LogP contribution in [0.5, 0.6) is 0 Å². The van der Waals surface area contributed by atoms with Gasteiger partial charge in [0.25, 0.3) is 5.91 Å². The van der Waals surface area contributed by atoms with Crippen molar-refractivity contribution in [3.63, 3.8) is 0 Å². The molecule has 1 unspecified atom stereocenters. The van der Waals surface area contributed by atoms with Gasteiger partial charge in [-0.05, 0) is 31.9 Å². The van der Waals surface area contributed by atoms with E-state index < -0.39 is 21.9 Å². The molecule has 0 aliphatic heterocycles. The fourth-order valence-corrected chi connectivity index (χ4v) is 3.90. The number of sulfone groups is 1. The molecule has 1 atom stereocenters. The highest BCUT2D eigenvalue weighted by molar-refractivity contribution is 7.91. The molecular formula is C21H23NO5S. The van der Waals surface area contributed by atoms with Crippen molar-refractivity contribution in [2.75, 3.05) is 5.75 Å². The van der Waals surface area contributed by atoms with E-state index in [2.05, 4.69) is 5.32 Å². The van der Waals surface area contributed by atoms with Crippen LogP contribution in [-0.2, 0) is 24.2 Å². The SMILES string of the molecule is Cc1ccc(S(=O)(=O)CCC(=O)OC(C(=O)NC2CC2)c2ccccc2)cc1. The summed E-state index contributed by atoms with van der Waals surface area (Å²) in [6.07, 6.45) is 0.416. The van der Waals surface area contributed by atoms with Crippen LogP contribution in [0, 0.1) is 6.92 Å². The van der Waals surface area contributed by atoms with Gasteiger partial charge in [-0.25, -0.2) is 8.42 Å². The van der Waals surface area contributed by atoms with E-state index in [1.165, 1.54) is 12.1 Å². The summed E-state index contributed by atoms with van der Waals surface area (Å²) in [7, 11) is -3.60. The number of esters is 1. The largest absolute Gasteiger partial charge is 0.447 e. The second kappa shape index (κ2) is 8.56. The third kappa shape index (κ3) is 5.42. The van der Waals surface area contributed by atoms with Crippen molar-refractivity contribution < 1.29 is 22.7 Å². The summed E-state index contributed by atoms with van der Waals surface area (Å²) >= 11 is 0. The molecule has 3 rings (SSSR count). The van der Waals surface area contributed by atoms with Gasteiger partial charge in [-0.1, -0.05) is 48.0 Å². The molecule has 28 heavy (non-hydrogen) atoms. The lowest BCUT2D eigenvalue weighted by molar-refractivity contribution is -0.156. The number of nitrogens with one attached hydrogen (secondary N) is 1. The molecule has 0 heterocycles. The molecule has 1 N–H and O–H groups in total. The summed E-state index contributed by atoms with van der Waals surface area (Å²) in [5.41, 5.74) is 1.50. The maximum absolute atomic E-state index is 12.5. The monoisotopic (exact) mass is 401 g/mol. The maximum atomic E-state index is 12.5. The van der Waals surface area contributed by atoms with Crippen LogP contribution in [0.4, 0.5) is 0 Å². The van der Waals surface area contributed by atoms with Crippen molar-refractivity contribution in [3.8, 4) is 0 Å². The smallest absolute Gasteiger partial charge is 0.307 e. The van der Waals surface area contributed by atoms with Crippen molar-refractivity contribution in [2.24, 2.45) is 0 Å². The van der Waals surface area contributed by atoms with Crippen molar-refractivity contribution in [1.29, 1.82) is 0 Å². The number of hydrogen-bond acceptors (Lipinski definition) is 5. The highest BCUT2D eigenvalue weighted by Crippen LogP contribution is 2.24. The Kier molecular flexibility index (Phi) is 6.14. The lowest BCUT2D eigenvalue weighted by Crippen LogP contribution is -2.33. The second-order valence-electron chi connectivity index (χ2n) is 6.95. The molecule has 148 valence electrons. The molecule has 1 fully saturated rings. The average molecular weight is 401 g/mol. The molecule has 1 saturated carbocycles. The predicted octanol–water partition coefficient (Wildman–Crippen LogP) is 2.72. The van der Waals surface area contributed by atoms with Gasteiger partial charge >= 0.3 is 5.97 Å². The summed E-state index contributed by atoms with van der Waals surface area (Å²) < 4.78 is 30.2. The fraction of sp³-hybridized carbons (Fsp3) is 0.333. The molecule has 0 aromatic heterocycles. The van der Waals surface area contributed by atoms with E-state index in [0.717, 1.165) is 18.4 Å². The Morgan fingerprint density at radius 2 is 1.71 bits per heavy atom. The minimum absolute atomic E-state index is 0.124. The summed E-state index contributed by atoms with van der Waals surface area (Å²) in [6.45, 7) is 1.87. The Balaban J connectivity index is 1.64. The van der Waals surface area contributed by atoms with Crippen LogP contribution < -0.4 is 5.32 Å². The van der Waals surface area contributed by atoms with Crippen LogP contribution in [0.25, 0.3) is 0 Å². The number of aryl methyl sites for hydroxylation is 1. The number of rotatable bonds is 8. The number of hydrogen-bond donors (Lipinski definition) is 1. The summed E-state index contributed by atoms with van der Waals surface area (Å²) in [6, 6.07) is 15.3. The van der Waals surface area contributed by atoms with Gasteiger partial charge in [0.15, 0.2) is 9.84 Å². The molecule has 6 nitrogen and oxygen atoms in total. The van der Waals surface area contributed by atoms with Crippen molar-refractivity contribution >= 4 is 21.7 Å². The highest BCUT2D eigenvalue weighted by Gasteiger charge is 2.31. The minimum atomic E-state index is -3.60. The molecule has 1 amide bonds. The summed E-state index contributed by atoms with van der Waals surface area (Å²) in [5, 5.41) is 2.83. The molecule has 1 aliphatic rings. The van der Waals surface area contributed by atoms with Gasteiger partial charge in [-0.2, -0.15) is 0 Å². The first-order valence-corrected chi connectivity index (χ1v) is 10.8. The molecule has 7 heteroatoms. The number of carbonyl (C=O) groups is 2. The Morgan fingerprint density at radius 1 is 1.07 bits per heavy atom. The normalized spacial score (nSPS) is 14.9. The number of benzene rings is 2. The quantitative estimate of drug-likeness (QED) is 0.687. The first-order chi connectivity index (χ1) is 13.3. The van der Waals surface area contributed by atoms with E-state index in [1.54, 1.807) is 42.5 Å². The molecule has 0 radical (unpaired) electrons. The molecule has 0 saturated heterocycles. The molecule has 1 aliphatic carbocycles. The standard InChI is InChI=1S/C21H23NO5S/c1-15-7-11-18(12-8-15)28(25,26)14-13-19(23)27-20(16-5-3-2-4-6-16)21(24)22-17-9-10-17/h2-8,11-12,17,20H,9-10,13-14H2,1H3,(H,22,24). The first-order valence-electron chi connectivity index (χ1n) is 9.19. The molecule has 2 aromatic carbocycles. The lowest BCUT2D eigenvalue weighted by atomic mass is 10.1. The van der Waals surface area contributed by atoms with Gasteiger partial charge in [-0.15, -0.1) is 0 Å². The Bertz CT molecular complexity index is 935. The van der Waals surface area contributed by atoms with Crippen LogP contribution in [0.2, 0.25) is 0 Å². The maximum Gasteiger partial charge on any atom is 0.307 e. The topological polar surface area (TPSA) is 89.5 Å². The lowest BCUT2D eigenvalue weighted by Gasteiger charge is -2.18. The third-order valence-corrected chi connectivity index (χ3v) is 6.20. The molecule has 0 bridgehead atoms. The van der Waals surface area contributed by atoms with E-state index >= 15 is 0 Å². The van der Waals surface area contributed by atoms with E-state index in [-0.39, 0.29) is 29.0 Å². The number of carbonyl (C=O) groups excluding carboxylic acids is 2. The average Bonchev–Trinajstić information content (AvgIpc) is 3.49. The first kappa shape index (κ1) is 20.1. The minimum Gasteiger partial charge on any atom is -0.447 e. The van der Waals surface area contributed by atoms with Crippen LogP contribution in [-0.4, -0.2) is 32.1 Å². The molecule has 0 spiro atoms. The Hall–Kier alpha value is -2.67.